The molecular formula is C11H25N. The summed E-state index contributed by atoms with van der Waals surface area (Å²) in [5.74, 6) is 3.04. The Morgan fingerprint density at radius 1 is 0.917 bits per heavy atom. The first-order valence-electron chi connectivity index (χ1n) is 5.24. The van der Waals surface area contributed by atoms with E-state index in [-0.39, 0.29) is 0 Å². The van der Waals surface area contributed by atoms with Gasteiger partial charge in [0.25, 0.3) is 0 Å². The summed E-state index contributed by atoms with van der Waals surface area (Å²) in [4.78, 5) is 0. The number of nitrogens with two attached hydrogens (primary N) is 1. The summed E-state index contributed by atoms with van der Waals surface area (Å²) in [6, 6.07) is 0. The van der Waals surface area contributed by atoms with E-state index in [2.05, 4.69) is 34.6 Å². The van der Waals surface area contributed by atoms with Crippen molar-refractivity contribution in [2.45, 2.75) is 41.0 Å². The lowest BCUT2D eigenvalue weighted by Gasteiger charge is -2.29. The highest BCUT2D eigenvalue weighted by molar-refractivity contribution is 4.72. The van der Waals surface area contributed by atoms with Crippen LogP contribution in [0.4, 0.5) is 0 Å². The predicted octanol–water partition coefficient (Wildman–Crippen LogP) is 2.90. The van der Waals surface area contributed by atoms with E-state index in [9.17, 15) is 0 Å². The SMILES string of the molecule is CC[C@@H](C)[C@@H](C)[C@H](C)[C@@H](C)CN. The van der Waals surface area contributed by atoms with Gasteiger partial charge in [-0.25, -0.2) is 0 Å². The van der Waals surface area contributed by atoms with Gasteiger partial charge >= 0.3 is 0 Å². The summed E-state index contributed by atoms with van der Waals surface area (Å²) < 4.78 is 0. The zero-order valence-corrected chi connectivity index (χ0v) is 9.30. The van der Waals surface area contributed by atoms with Gasteiger partial charge in [-0.05, 0) is 30.2 Å². The zero-order chi connectivity index (χ0) is 9.72. The van der Waals surface area contributed by atoms with Gasteiger partial charge in [0.15, 0.2) is 0 Å². The number of hydrogen-bond donors (Lipinski definition) is 1. The third-order valence-electron chi connectivity index (χ3n) is 3.64. The highest BCUT2D eigenvalue weighted by atomic mass is 14.5. The van der Waals surface area contributed by atoms with Gasteiger partial charge in [-0.3, -0.25) is 0 Å². The Bertz CT molecular complexity index is 97.6. The molecule has 0 fully saturated rings. The molecule has 4 atom stereocenters. The van der Waals surface area contributed by atoms with Crippen molar-refractivity contribution in [2.24, 2.45) is 29.4 Å². The molecule has 0 aliphatic rings. The minimum absolute atomic E-state index is 0.661. The van der Waals surface area contributed by atoms with E-state index in [1.54, 1.807) is 0 Å². The molecule has 1 nitrogen and oxygen atoms in total. The van der Waals surface area contributed by atoms with E-state index in [4.69, 9.17) is 5.73 Å². The van der Waals surface area contributed by atoms with Gasteiger partial charge in [0.05, 0.1) is 0 Å². The normalized spacial score (nSPS) is 21.5. The standard InChI is InChI=1S/C11H25N/c1-6-8(2)10(4)11(5)9(3)7-12/h8-11H,6-7,12H2,1-5H3/t8-,9+,10-,11-/m1/s1. The summed E-state index contributed by atoms with van der Waals surface area (Å²) in [6.45, 7) is 12.4. The Hall–Kier alpha value is -0.0400. The minimum atomic E-state index is 0.661. The predicted molar refractivity (Wildman–Crippen MR) is 56.0 cm³/mol. The lowest BCUT2D eigenvalue weighted by Crippen LogP contribution is -2.26. The first-order chi connectivity index (χ1) is 5.54. The number of rotatable bonds is 5. The maximum atomic E-state index is 5.65. The maximum Gasteiger partial charge on any atom is -0.00489 e. The molecule has 0 amide bonds. The highest BCUT2D eigenvalue weighted by Gasteiger charge is 2.21. The smallest absolute Gasteiger partial charge is 0.00489 e. The third kappa shape index (κ3) is 3.14. The summed E-state index contributed by atoms with van der Waals surface area (Å²) in [5.41, 5.74) is 5.65. The molecule has 0 saturated carbocycles. The van der Waals surface area contributed by atoms with Crippen LogP contribution in [0, 0.1) is 23.7 Å². The second-order valence-electron chi connectivity index (χ2n) is 4.32. The Balaban J connectivity index is 3.99. The molecule has 0 heterocycles. The maximum absolute atomic E-state index is 5.65. The average Bonchev–Trinajstić information content (AvgIpc) is 2.12. The Kier molecular flexibility index (Phi) is 5.56. The van der Waals surface area contributed by atoms with Gasteiger partial charge in [0.2, 0.25) is 0 Å². The van der Waals surface area contributed by atoms with Crippen molar-refractivity contribution in [2.75, 3.05) is 6.54 Å². The molecule has 74 valence electrons. The van der Waals surface area contributed by atoms with E-state index >= 15 is 0 Å². The Morgan fingerprint density at radius 2 is 1.33 bits per heavy atom. The van der Waals surface area contributed by atoms with Crippen LogP contribution in [0.5, 0.6) is 0 Å². The lowest BCUT2D eigenvalue weighted by molar-refractivity contribution is 0.212. The van der Waals surface area contributed by atoms with E-state index in [0.29, 0.717) is 5.92 Å². The average molecular weight is 171 g/mol. The summed E-state index contributed by atoms with van der Waals surface area (Å²) >= 11 is 0. The van der Waals surface area contributed by atoms with Crippen LogP contribution >= 0.6 is 0 Å². The molecule has 1 heteroatoms. The highest BCUT2D eigenvalue weighted by Crippen LogP contribution is 2.27. The molecular weight excluding hydrogens is 146 g/mol. The molecule has 2 N–H and O–H groups in total. The van der Waals surface area contributed by atoms with Crippen molar-refractivity contribution in [3.05, 3.63) is 0 Å². The van der Waals surface area contributed by atoms with Gasteiger partial charge in [0.1, 0.15) is 0 Å². The van der Waals surface area contributed by atoms with Crippen molar-refractivity contribution < 1.29 is 0 Å². The van der Waals surface area contributed by atoms with E-state index in [1.165, 1.54) is 6.42 Å². The molecule has 0 rings (SSSR count). The Morgan fingerprint density at radius 3 is 1.67 bits per heavy atom. The van der Waals surface area contributed by atoms with Gasteiger partial charge < -0.3 is 5.73 Å². The van der Waals surface area contributed by atoms with Gasteiger partial charge in [-0.2, -0.15) is 0 Å². The van der Waals surface area contributed by atoms with Crippen LogP contribution in [0.1, 0.15) is 41.0 Å². The molecule has 0 bridgehead atoms. The van der Waals surface area contributed by atoms with Crippen LogP contribution in [0.15, 0.2) is 0 Å². The van der Waals surface area contributed by atoms with Crippen LogP contribution in [0.2, 0.25) is 0 Å². The van der Waals surface area contributed by atoms with Crippen molar-refractivity contribution in [3.63, 3.8) is 0 Å². The largest absolute Gasteiger partial charge is 0.330 e. The summed E-state index contributed by atoms with van der Waals surface area (Å²) in [6.07, 6.45) is 1.28. The zero-order valence-electron chi connectivity index (χ0n) is 9.30. The van der Waals surface area contributed by atoms with E-state index < -0.39 is 0 Å². The van der Waals surface area contributed by atoms with Crippen LogP contribution < -0.4 is 5.73 Å². The molecule has 0 aromatic heterocycles. The fourth-order valence-electron chi connectivity index (χ4n) is 1.62. The van der Waals surface area contributed by atoms with Crippen LogP contribution in [0.25, 0.3) is 0 Å². The van der Waals surface area contributed by atoms with Crippen molar-refractivity contribution >= 4 is 0 Å². The quantitative estimate of drug-likeness (QED) is 0.676. The van der Waals surface area contributed by atoms with Crippen molar-refractivity contribution in [1.29, 1.82) is 0 Å². The first kappa shape index (κ1) is 12.0. The second kappa shape index (κ2) is 5.58. The van der Waals surface area contributed by atoms with Crippen molar-refractivity contribution in [1.82, 2.24) is 0 Å². The fraction of sp³-hybridized carbons (Fsp3) is 1.00. The monoisotopic (exact) mass is 171 g/mol. The molecule has 0 aromatic rings. The summed E-state index contributed by atoms with van der Waals surface area (Å²) in [5, 5.41) is 0. The van der Waals surface area contributed by atoms with Gasteiger partial charge in [0, 0.05) is 0 Å². The number of hydrogen-bond acceptors (Lipinski definition) is 1. The molecule has 12 heavy (non-hydrogen) atoms. The third-order valence-corrected chi connectivity index (χ3v) is 3.64. The topological polar surface area (TPSA) is 26.0 Å². The molecule has 0 spiro atoms. The van der Waals surface area contributed by atoms with E-state index in [1.807, 2.05) is 0 Å². The molecule has 0 radical (unpaired) electrons. The summed E-state index contributed by atoms with van der Waals surface area (Å²) in [7, 11) is 0. The van der Waals surface area contributed by atoms with Crippen LogP contribution in [-0.4, -0.2) is 6.54 Å². The molecule has 0 aliphatic carbocycles. The lowest BCUT2D eigenvalue weighted by atomic mass is 9.77. The molecule has 0 saturated heterocycles. The van der Waals surface area contributed by atoms with Crippen molar-refractivity contribution in [3.8, 4) is 0 Å². The second-order valence-corrected chi connectivity index (χ2v) is 4.32. The Labute approximate surface area is 77.7 Å². The molecule has 0 unspecified atom stereocenters. The van der Waals surface area contributed by atoms with Gasteiger partial charge in [-0.1, -0.05) is 41.0 Å². The molecule has 0 aliphatic heterocycles. The van der Waals surface area contributed by atoms with Crippen LogP contribution in [-0.2, 0) is 0 Å². The van der Waals surface area contributed by atoms with Gasteiger partial charge in [-0.15, -0.1) is 0 Å². The van der Waals surface area contributed by atoms with Crippen LogP contribution in [0.3, 0.4) is 0 Å². The molecule has 0 aromatic carbocycles. The van der Waals surface area contributed by atoms with E-state index in [0.717, 1.165) is 24.3 Å². The fourth-order valence-corrected chi connectivity index (χ4v) is 1.62. The minimum Gasteiger partial charge on any atom is -0.330 e. The first-order valence-corrected chi connectivity index (χ1v) is 5.24.